The van der Waals surface area contributed by atoms with Crippen molar-refractivity contribution in [3.05, 3.63) is 84.3 Å². The van der Waals surface area contributed by atoms with E-state index in [0.717, 1.165) is 0 Å². The fourth-order valence-electron chi connectivity index (χ4n) is 2.80. The van der Waals surface area contributed by atoms with Gasteiger partial charge >= 0.3 is 0 Å². The van der Waals surface area contributed by atoms with E-state index in [9.17, 15) is 0 Å². The predicted octanol–water partition coefficient (Wildman–Crippen LogP) is 6.57. The largest absolute Gasteiger partial charge is 0.331 e. The number of halogens is 2. The molecule has 0 N–H and O–H groups in total. The Bertz CT molecular complexity index is 1030. The molecule has 0 heterocycles. The lowest BCUT2D eigenvalue weighted by atomic mass is 9.99. The van der Waals surface area contributed by atoms with Gasteiger partial charge in [-0.1, -0.05) is 54.5 Å². The van der Waals surface area contributed by atoms with Gasteiger partial charge in [0.1, 0.15) is 5.82 Å². The quantitative estimate of drug-likeness (QED) is 0.521. The molecule has 0 fully saturated rings. The minimum absolute atomic E-state index is 0.0304. The van der Waals surface area contributed by atoms with Crippen LogP contribution in [0.25, 0.3) is 11.1 Å². The van der Waals surface area contributed by atoms with Gasteiger partial charge in [0, 0.05) is 11.1 Å². The highest BCUT2D eigenvalue weighted by atomic mass is 19.1. The summed E-state index contributed by atoms with van der Waals surface area (Å²) in [5.41, 5.74) is -0.264. The first-order valence-corrected chi connectivity index (χ1v) is 7.95. The van der Waals surface area contributed by atoms with Crippen LogP contribution in [0.5, 0.6) is 0 Å². The molecular weight excluding hydrogens is 316 g/mol. The molecule has 3 aromatic carbocycles. The second kappa shape index (κ2) is 6.67. The zero-order chi connectivity index (χ0) is 21.5. The maximum atomic E-state index is 15.6. The molecule has 1 nitrogen and oxygen atoms in total. The minimum atomic E-state index is -1.12. The van der Waals surface area contributed by atoms with Crippen molar-refractivity contribution in [3.8, 4) is 11.1 Å². The van der Waals surface area contributed by atoms with Gasteiger partial charge in [-0.25, -0.2) is 8.78 Å². The van der Waals surface area contributed by atoms with Crippen molar-refractivity contribution >= 4 is 11.4 Å². The number of hydrogen-bond donors (Lipinski definition) is 0. The average Bonchev–Trinajstić information content (AvgIpc) is 2.68. The van der Waals surface area contributed by atoms with E-state index in [1.54, 1.807) is 57.2 Å². The van der Waals surface area contributed by atoms with Crippen LogP contribution in [-0.4, -0.2) is 5.54 Å². The molecule has 0 spiro atoms. The second-order valence-corrected chi connectivity index (χ2v) is 6.67. The molecule has 0 saturated heterocycles. The summed E-state index contributed by atoms with van der Waals surface area (Å²) in [4.78, 5) is 1.29. The third-order valence-corrected chi connectivity index (χ3v) is 3.82. The Morgan fingerprint density at radius 1 is 0.840 bits per heavy atom. The number of benzene rings is 3. The average molecular weight is 341 g/mol. The van der Waals surface area contributed by atoms with Crippen LogP contribution in [0.4, 0.5) is 20.2 Å². The SMILES string of the molecule is [2H]c1c([2H])c([2H])c(N(c2cccc(-c3ccccc3)c2F)C(C)(C)C)c(F)c1[2H]. The molecule has 3 heteroatoms. The highest BCUT2D eigenvalue weighted by Gasteiger charge is 2.28. The Morgan fingerprint density at radius 2 is 1.52 bits per heavy atom. The van der Waals surface area contributed by atoms with Crippen molar-refractivity contribution in [1.29, 1.82) is 0 Å². The zero-order valence-electron chi connectivity index (χ0n) is 18.3. The van der Waals surface area contributed by atoms with Crippen molar-refractivity contribution in [3.63, 3.8) is 0 Å². The maximum Gasteiger partial charge on any atom is 0.154 e. The smallest absolute Gasteiger partial charge is 0.154 e. The highest BCUT2D eigenvalue weighted by Crippen LogP contribution is 2.39. The van der Waals surface area contributed by atoms with Gasteiger partial charge in [0.2, 0.25) is 0 Å². The molecule has 0 aliphatic heterocycles. The minimum Gasteiger partial charge on any atom is -0.331 e. The van der Waals surface area contributed by atoms with Crippen LogP contribution in [0.1, 0.15) is 26.3 Å². The lowest BCUT2D eigenvalue weighted by Crippen LogP contribution is -2.38. The lowest BCUT2D eigenvalue weighted by molar-refractivity contribution is 0.527. The summed E-state index contributed by atoms with van der Waals surface area (Å²) < 4.78 is 62.3. The summed E-state index contributed by atoms with van der Waals surface area (Å²) in [5, 5.41) is 0. The van der Waals surface area contributed by atoms with E-state index in [0.29, 0.717) is 11.1 Å². The van der Waals surface area contributed by atoms with Crippen LogP contribution >= 0.6 is 0 Å². The van der Waals surface area contributed by atoms with Crippen molar-refractivity contribution in [2.45, 2.75) is 26.3 Å². The Morgan fingerprint density at radius 3 is 2.20 bits per heavy atom. The third kappa shape index (κ3) is 3.41. The molecule has 0 saturated carbocycles. The lowest BCUT2D eigenvalue weighted by Gasteiger charge is -2.38. The van der Waals surface area contributed by atoms with E-state index in [-0.39, 0.29) is 11.4 Å². The zero-order valence-corrected chi connectivity index (χ0v) is 14.3. The standard InChI is InChI=1S/C22H21F2N/c1-22(2,3)25(19-14-8-7-13-18(19)23)20-15-9-12-17(21(20)24)16-10-5-4-6-11-16/h4-15H,1-3H3/i7D,8D,13D,14D. The summed E-state index contributed by atoms with van der Waals surface area (Å²) in [6.07, 6.45) is 0. The molecule has 0 radical (unpaired) electrons. The van der Waals surface area contributed by atoms with Crippen LogP contribution < -0.4 is 4.90 Å². The molecule has 0 bridgehead atoms. The summed E-state index contributed by atoms with van der Waals surface area (Å²) >= 11 is 0. The highest BCUT2D eigenvalue weighted by molar-refractivity contribution is 5.74. The summed E-state index contributed by atoms with van der Waals surface area (Å²) in [6.45, 7) is 5.17. The summed E-state index contributed by atoms with van der Waals surface area (Å²) in [6, 6.07) is 11.1. The van der Waals surface area contributed by atoms with Gasteiger partial charge < -0.3 is 4.90 Å². The summed E-state index contributed by atoms with van der Waals surface area (Å²) in [7, 11) is 0. The Hall–Kier alpha value is -2.68. The van der Waals surface area contributed by atoms with E-state index >= 15 is 8.78 Å². The molecule has 0 unspecified atom stereocenters. The second-order valence-electron chi connectivity index (χ2n) is 6.67. The van der Waals surface area contributed by atoms with Gasteiger partial charge in [-0.05, 0) is 44.5 Å². The first-order valence-electron chi connectivity index (χ1n) is 9.95. The molecule has 3 aromatic rings. The molecular formula is C22H21F2N. The van der Waals surface area contributed by atoms with E-state index in [1.807, 2.05) is 6.07 Å². The first-order chi connectivity index (χ1) is 13.6. The number of para-hydroxylation sites is 1. The van der Waals surface area contributed by atoms with Crippen molar-refractivity contribution in [2.24, 2.45) is 0 Å². The molecule has 25 heavy (non-hydrogen) atoms. The van der Waals surface area contributed by atoms with Gasteiger partial charge in [-0.2, -0.15) is 0 Å². The predicted molar refractivity (Wildman–Crippen MR) is 100 cm³/mol. The summed E-state index contributed by atoms with van der Waals surface area (Å²) in [5.74, 6) is -1.71. The van der Waals surface area contributed by atoms with Gasteiger partial charge in [0.05, 0.1) is 16.9 Å². The van der Waals surface area contributed by atoms with E-state index in [1.165, 1.54) is 11.0 Å². The molecule has 0 aromatic heterocycles. The Balaban J connectivity index is 2.33. The van der Waals surface area contributed by atoms with E-state index < -0.39 is 41.3 Å². The Labute approximate surface area is 153 Å². The van der Waals surface area contributed by atoms with Crippen LogP contribution in [0.2, 0.25) is 0 Å². The maximum absolute atomic E-state index is 15.6. The normalized spacial score (nSPS) is 13.6. The van der Waals surface area contributed by atoms with Gasteiger partial charge in [0.15, 0.2) is 5.82 Å². The van der Waals surface area contributed by atoms with Crippen LogP contribution in [0.3, 0.4) is 0 Å². The van der Waals surface area contributed by atoms with Crippen molar-refractivity contribution < 1.29 is 14.3 Å². The molecule has 3 rings (SSSR count). The molecule has 0 atom stereocenters. The number of nitrogens with zero attached hydrogens (tertiary/aromatic N) is 1. The molecule has 128 valence electrons. The monoisotopic (exact) mass is 341 g/mol. The van der Waals surface area contributed by atoms with Gasteiger partial charge in [-0.15, -0.1) is 0 Å². The fourth-order valence-corrected chi connectivity index (χ4v) is 2.80. The first kappa shape index (κ1) is 12.6. The molecule has 0 amide bonds. The number of anilines is 2. The fraction of sp³-hybridized carbons (Fsp3) is 0.182. The number of hydrogen-bond acceptors (Lipinski definition) is 1. The van der Waals surface area contributed by atoms with Gasteiger partial charge in [-0.3, -0.25) is 0 Å². The van der Waals surface area contributed by atoms with Crippen LogP contribution in [0, 0.1) is 11.6 Å². The third-order valence-electron chi connectivity index (χ3n) is 3.82. The number of rotatable bonds is 3. The molecule has 0 aliphatic rings. The molecule has 0 aliphatic carbocycles. The van der Waals surface area contributed by atoms with Gasteiger partial charge in [0.25, 0.3) is 0 Å². The van der Waals surface area contributed by atoms with Crippen LogP contribution in [-0.2, 0) is 0 Å². The van der Waals surface area contributed by atoms with Crippen LogP contribution in [0.15, 0.2) is 72.7 Å². The van der Waals surface area contributed by atoms with E-state index in [4.69, 9.17) is 5.48 Å². The van der Waals surface area contributed by atoms with Crippen molar-refractivity contribution in [1.82, 2.24) is 0 Å². The Kier molecular flexibility index (Phi) is 3.38. The van der Waals surface area contributed by atoms with Crippen molar-refractivity contribution in [2.75, 3.05) is 4.90 Å². The van der Waals surface area contributed by atoms with E-state index in [2.05, 4.69) is 0 Å². The topological polar surface area (TPSA) is 3.24 Å².